The average Bonchev–Trinajstić information content (AvgIpc) is 2.62. The van der Waals surface area contributed by atoms with Gasteiger partial charge in [-0.1, -0.05) is 47.5 Å². The van der Waals surface area contributed by atoms with Gasteiger partial charge in [-0.05, 0) is 35.4 Å². The number of hydrogen-bond donors (Lipinski definition) is 2. The van der Waals surface area contributed by atoms with Crippen LogP contribution in [0.1, 0.15) is 11.1 Å². The van der Waals surface area contributed by atoms with E-state index in [9.17, 15) is 9.59 Å². The molecule has 2 N–H and O–H groups in total. The second-order valence-corrected chi connectivity index (χ2v) is 6.11. The minimum atomic E-state index is -0.274. The van der Waals surface area contributed by atoms with E-state index >= 15 is 0 Å². The molecule has 26 heavy (non-hydrogen) atoms. The number of rotatable bonds is 7. The quantitative estimate of drug-likeness (QED) is 0.562. The van der Waals surface area contributed by atoms with Gasteiger partial charge in [0, 0.05) is 10.0 Å². The molecular weight excluding hydrogens is 375 g/mol. The Morgan fingerprint density at radius 2 is 1.08 bits per heavy atom. The van der Waals surface area contributed by atoms with E-state index in [4.69, 9.17) is 23.2 Å². The Morgan fingerprint density at radius 3 is 1.42 bits per heavy atom. The van der Waals surface area contributed by atoms with Crippen LogP contribution in [0.25, 0.3) is 0 Å². The molecule has 0 aliphatic heterocycles. The summed E-state index contributed by atoms with van der Waals surface area (Å²) in [4.78, 5) is 23.4. The minimum absolute atomic E-state index is 0.184. The average molecular weight is 391 g/mol. The van der Waals surface area contributed by atoms with E-state index in [0.29, 0.717) is 10.0 Å². The molecule has 0 atom stereocenters. The first-order valence-corrected chi connectivity index (χ1v) is 8.40. The molecule has 0 saturated carbocycles. The number of nitrogens with zero attached hydrogens (tertiary/aromatic N) is 2. The lowest BCUT2D eigenvalue weighted by Gasteiger charge is -2.00. The fraction of sp³-hybridized carbons (Fsp3) is 0.111. The Bertz CT molecular complexity index is 733. The number of carbonyl (C=O) groups is 2. The molecule has 0 aromatic heterocycles. The molecule has 2 rings (SSSR count). The van der Waals surface area contributed by atoms with Crippen molar-refractivity contribution in [3.05, 3.63) is 69.7 Å². The van der Waals surface area contributed by atoms with Crippen LogP contribution in [-0.4, -0.2) is 24.2 Å². The summed E-state index contributed by atoms with van der Waals surface area (Å²) in [5.41, 5.74) is 6.37. The molecule has 0 saturated heterocycles. The maximum absolute atomic E-state index is 11.7. The summed E-state index contributed by atoms with van der Waals surface area (Å²) in [5, 5.41) is 8.64. The van der Waals surface area contributed by atoms with E-state index in [0.717, 1.165) is 11.1 Å². The molecular formula is C18H16Cl2N4O2. The van der Waals surface area contributed by atoms with Crippen molar-refractivity contribution >= 4 is 47.4 Å². The molecule has 2 aromatic carbocycles. The van der Waals surface area contributed by atoms with Crippen LogP contribution in [0.4, 0.5) is 0 Å². The summed E-state index contributed by atoms with van der Waals surface area (Å²) < 4.78 is 0. The molecule has 0 radical (unpaired) electrons. The van der Waals surface area contributed by atoms with Gasteiger partial charge in [0.2, 0.25) is 11.8 Å². The first kappa shape index (κ1) is 19.6. The van der Waals surface area contributed by atoms with Crippen molar-refractivity contribution in [3.63, 3.8) is 0 Å². The second-order valence-electron chi connectivity index (χ2n) is 5.23. The van der Waals surface area contributed by atoms with E-state index in [2.05, 4.69) is 21.1 Å². The maximum Gasteiger partial charge on any atom is 0.244 e. The molecule has 0 spiro atoms. The van der Waals surface area contributed by atoms with Crippen LogP contribution in [0.15, 0.2) is 58.7 Å². The summed E-state index contributed by atoms with van der Waals surface area (Å²) in [6.07, 6.45) is 2.90. The fourth-order valence-electron chi connectivity index (χ4n) is 1.94. The van der Waals surface area contributed by atoms with Crippen molar-refractivity contribution < 1.29 is 9.59 Å². The third-order valence-corrected chi connectivity index (χ3v) is 3.65. The lowest BCUT2D eigenvalue weighted by Crippen LogP contribution is -2.21. The summed E-state index contributed by atoms with van der Waals surface area (Å²) in [5.74, 6) is -0.549. The number of halogens is 2. The standard InChI is InChI=1S/C18H16Cl2N4O2/c19-15-5-1-13(2-6-15)11-17(25)23-21-9-10-22-24-18(26)12-14-3-7-16(20)8-4-14/h1-10H,11-12H2,(H,23,25)(H,24,26)/b21-9-,22-10+. The third kappa shape index (κ3) is 7.46. The second kappa shape index (κ2) is 10.3. The van der Waals surface area contributed by atoms with Gasteiger partial charge in [-0.25, -0.2) is 10.9 Å². The molecule has 2 amide bonds. The van der Waals surface area contributed by atoms with E-state index in [1.807, 2.05) is 0 Å². The van der Waals surface area contributed by atoms with Crippen molar-refractivity contribution in [2.75, 3.05) is 0 Å². The lowest BCUT2D eigenvalue weighted by molar-refractivity contribution is -0.121. The van der Waals surface area contributed by atoms with E-state index in [-0.39, 0.29) is 24.7 Å². The third-order valence-electron chi connectivity index (χ3n) is 3.15. The van der Waals surface area contributed by atoms with Gasteiger partial charge in [0.15, 0.2) is 0 Å². The Kier molecular flexibility index (Phi) is 7.79. The molecule has 0 heterocycles. The highest BCUT2D eigenvalue weighted by atomic mass is 35.5. The van der Waals surface area contributed by atoms with Crippen LogP contribution >= 0.6 is 23.2 Å². The first-order valence-electron chi connectivity index (χ1n) is 7.64. The van der Waals surface area contributed by atoms with Gasteiger partial charge in [-0.15, -0.1) is 0 Å². The van der Waals surface area contributed by atoms with Crippen LogP contribution in [0, 0.1) is 0 Å². The molecule has 6 nitrogen and oxygen atoms in total. The summed E-state index contributed by atoms with van der Waals surface area (Å²) in [7, 11) is 0. The van der Waals surface area contributed by atoms with Crippen molar-refractivity contribution in [2.45, 2.75) is 12.8 Å². The van der Waals surface area contributed by atoms with E-state index in [1.54, 1.807) is 48.5 Å². The highest BCUT2D eigenvalue weighted by molar-refractivity contribution is 6.30. The first-order chi connectivity index (χ1) is 12.5. The minimum Gasteiger partial charge on any atom is -0.273 e. The Hall–Kier alpha value is -2.70. The predicted octanol–water partition coefficient (Wildman–Crippen LogP) is 2.98. The van der Waals surface area contributed by atoms with Gasteiger partial charge in [0.05, 0.1) is 25.3 Å². The highest BCUT2D eigenvalue weighted by Crippen LogP contribution is 2.10. The van der Waals surface area contributed by atoms with E-state index < -0.39 is 0 Å². The Morgan fingerprint density at radius 1 is 0.731 bits per heavy atom. The van der Waals surface area contributed by atoms with E-state index in [1.165, 1.54) is 12.4 Å². The SMILES string of the molecule is O=C(Cc1ccc(Cl)cc1)N/N=C\C=N\NC(=O)Cc1ccc(Cl)cc1. The Labute approximate surface area is 160 Å². The topological polar surface area (TPSA) is 82.9 Å². The number of hydrogen-bond acceptors (Lipinski definition) is 4. The lowest BCUT2D eigenvalue weighted by atomic mass is 10.1. The zero-order chi connectivity index (χ0) is 18.8. The molecule has 0 aliphatic carbocycles. The Balaban J connectivity index is 1.67. The van der Waals surface area contributed by atoms with Crippen LogP contribution in [-0.2, 0) is 22.4 Å². The maximum atomic E-state index is 11.7. The number of hydrazone groups is 2. The summed E-state index contributed by atoms with van der Waals surface area (Å²) >= 11 is 11.6. The van der Waals surface area contributed by atoms with Crippen LogP contribution in [0.2, 0.25) is 10.0 Å². The molecule has 0 unspecified atom stereocenters. The van der Waals surface area contributed by atoms with Crippen molar-refractivity contribution in [3.8, 4) is 0 Å². The highest BCUT2D eigenvalue weighted by Gasteiger charge is 2.02. The molecule has 2 aromatic rings. The number of amides is 2. The zero-order valence-corrected chi connectivity index (χ0v) is 15.2. The van der Waals surface area contributed by atoms with Gasteiger partial charge >= 0.3 is 0 Å². The van der Waals surface area contributed by atoms with Gasteiger partial charge in [0.1, 0.15) is 0 Å². The fourth-order valence-corrected chi connectivity index (χ4v) is 2.19. The normalized spacial score (nSPS) is 11.0. The van der Waals surface area contributed by atoms with Gasteiger partial charge < -0.3 is 0 Å². The van der Waals surface area contributed by atoms with Crippen molar-refractivity contribution in [1.29, 1.82) is 0 Å². The summed E-state index contributed by atoms with van der Waals surface area (Å²) in [6.45, 7) is 0. The predicted molar refractivity (Wildman–Crippen MR) is 104 cm³/mol. The molecule has 0 aliphatic rings. The van der Waals surface area contributed by atoms with Crippen LogP contribution in [0.3, 0.4) is 0 Å². The van der Waals surface area contributed by atoms with Crippen molar-refractivity contribution in [2.24, 2.45) is 10.2 Å². The van der Waals surface area contributed by atoms with Gasteiger partial charge in [-0.2, -0.15) is 10.2 Å². The number of carbonyl (C=O) groups excluding carboxylic acids is 2. The molecule has 8 heteroatoms. The monoisotopic (exact) mass is 390 g/mol. The van der Waals surface area contributed by atoms with Gasteiger partial charge in [0.25, 0.3) is 0 Å². The van der Waals surface area contributed by atoms with Gasteiger partial charge in [-0.3, -0.25) is 9.59 Å². The smallest absolute Gasteiger partial charge is 0.244 e. The van der Waals surface area contributed by atoms with Crippen LogP contribution < -0.4 is 10.9 Å². The molecule has 0 fully saturated rings. The molecule has 0 bridgehead atoms. The zero-order valence-electron chi connectivity index (χ0n) is 13.7. The van der Waals surface area contributed by atoms with Crippen LogP contribution in [0.5, 0.6) is 0 Å². The summed E-state index contributed by atoms with van der Waals surface area (Å²) in [6, 6.07) is 13.9. The molecule has 134 valence electrons. The number of nitrogens with one attached hydrogen (secondary N) is 2. The largest absolute Gasteiger partial charge is 0.273 e. The van der Waals surface area contributed by atoms with Crippen molar-refractivity contribution in [1.82, 2.24) is 10.9 Å². The number of benzene rings is 2.